The average molecular weight is 304 g/mol. The van der Waals surface area contributed by atoms with E-state index in [1.807, 2.05) is 0 Å². The maximum atomic E-state index is 8.74. The molecule has 0 fully saturated rings. The second kappa shape index (κ2) is 8.28. The zero-order valence-corrected chi connectivity index (χ0v) is 11.4. The fourth-order valence-electron chi connectivity index (χ4n) is 0.750. The minimum atomic E-state index is -4.67. The van der Waals surface area contributed by atoms with Crippen molar-refractivity contribution in [1.29, 1.82) is 0 Å². The first-order chi connectivity index (χ1) is 5.35. The summed E-state index contributed by atoms with van der Waals surface area (Å²) < 4.78 is 36.2. The van der Waals surface area contributed by atoms with Crippen LogP contribution in [0.5, 0.6) is 0 Å². The molecule has 0 rings (SSSR count). The molecule has 0 aromatic rings. The summed E-state index contributed by atoms with van der Waals surface area (Å²) in [6, 6.07) is 0. The van der Waals surface area contributed by atoms with Crippen molar-refractivity contribution in [3.05, 3.63) is 0 Å². The predicted molar refractivity (Wildman–Crippen MR) is 51.4 cm³/mol. The summed E-state index contributed by atoms with van der Waals surface area (Å²) in [6.07, 6.45) is 0. The van der Waals surface area contributed by atoms with Gasteiger partial charge < -0.3 is 0 Å². The molecule has 6 heteroatoms. The fourth-order valence-corrected chi connectivity index (χ4v) is 5.03. The molecule has 0 spiro atoms. The first-order valence-electron chi connectivity index (χ1n) is 3.88. The summed E-state index contributed by atoms with van der Waals surface area (Å²) in [5.41, 5.74) is 0. The predicted octanol–water partition coefficient (Wildman–Crippen LogP) is 1.89. The van der Waals surface area contributed by atoms with Crippen LogP contribution >= 0.6 is 0 Å². The van der Waals surface area contributed by atoms with Gasteiger partial charge in [-0.25, -0.2) is 0 Å². The monoisotopic (exact) mass is 305 g/mol. The molecule has 2 N–H and O–H groups in total. The van der Waals surface area contributed by atoms with Gasteiger partial charge in [0.05, 0.1) is 0 Å². The van der Waals surface area contributed by atoms with Gasteiger partial charge in [0.2, 0.25) is 0 Å². The van der Waals surface area contributed by atoms with Gasteiger partial charge in [0.1, 0.15) is 0 Å². The molecule has 0 amide bonds. The summed E-state index contributed by atoms with van der Waals surface area (Å²) in [5, 5.41) is 0. The Morgan fingerprint density at radius 1 is 1.00 bits per heavy atom. The Morgan fingerprint density at radius 2 is 1.17 bits per heavy atom. The molecule has 0 aromatic heterocycles. The largest absolute Gasteiger partial charge is 0.394 e. The van der Waals surface area contributed by atoms with Gasteiger partial charge in [-0.1, -0.05) is 0 Å². The summed E-state index contributed by atoms with van der Waals surface area (Å²) >= 11 is -0.653. The van der Waals surface area contributed by atoms with Gasteiger partial charge in [-0.15, -0.1) is 0 Å². The van der Waals surface area contributed by atoms with Crippen LogP contribution in [0.3, 0.4) is 0 Å². The molecule has 1 radical (unpaired) electrons. The van der Waals surface area contributed by atoms with Crippen LogP contribution in [0.1, 0.15) is 20.8 Å². The van der Waals surface area contributed by atoms with E-state index in [0.29, 0.717) is 0 Å². The maximum absolute atomic E-state index is 8.74. The van der Waals surface area contributed by atoms with Gasteiger partial charge in [-0.2, -0.15) is 8.42 Å². The number of hydrogen-bond donors (Lipinski definition) is 2. The summed E-state index contributed by atoms with van der Waals surface area (Å²) in [7, 11) is -4.67. The van der Waals surface area contributed by atoms with Gasteiger partial charge in [-0.05, 0) is 0 Å². The zero-order valence-electron chi connectivity index (χ0n) is 7.74. The molecule has 0 atom stereocenters. The first-order valence-corrected chi connectivity index (χ1v) is 11.3. The minimum Gasteiger partial charge on any atom is -0.264 e. The molecule has 0 aromatic carbocycles. The SMILES string of the molecule is C[CH2][Sn]([CH2]C)[CH2]C.O=S(=O)(O)O. The summed E-state index contributed by atoms with van der Waals surface area (Å²) in [5.74, 6) is 0. The van der Waals surface area contributed by atoms with Crippen molar-refractivity contribution in [1.82, 2.24) is 0 Å². The Bertz CT molecular complexity index is 160. The Labute approximate surface area is 81.7 Å². The standard InChI is InChI=1S/3C2H5.H2O4S.Sn/c3*1-2;1-5(2,3)4;/h3*1H2,2H3;(H2,1,2,3,4);. The van der Waals surface area contributed by atoms with Crippen LogP contribution in [0.4, 0.5) is 0 Å². The van der Waals surface area contributed by atoms with Gasteiger partial charge in [-0.3, -0.25) is 9.11 Å². The summed E-state index contributed by atoms with van der Waals surface area (Å²) in [6.45, 7) is 7.05. The normalized spacial score (nSPS) is 10.8. The van der Waals surface area contributed by atoms with Crippen LogP contribution in [-0.2, 0) is 10.4 Å². The second-order valence-electron chi connectivity index (χ2n) is 2.26. The molecule has 0 aliphatic heterocycles. The second-order valence-corrected chi connectivity index (χ2v) is 13.5. The van der Waals surface area contributed by atoms with Crippen LogP contribution in [0.15, 0.2) is 0 Å². The van der Waals surface area contributed by atoms with E-state index in [9.17, 15) is 0 Å². The topological polar surface area (TPSA) is 74.6 Å². The Morgan fingerprint density at radius 3 is 1.17 bits per heavy atom. The minimum absolute atomic E-state index is 0.653. The van der Waals surface area contributed by atoms with Crippen molar-refractivity contribution in [2.45, 2.75) is 34.1 Å². The van der Waals surface area contributed by atoms with E-state index < -0.39 is 30.2 Å². The average Bonchev–Trinajstić information content (AvgIpc) is 1.88. The Hall–Kier alpha value is 0.669. The molecule has 0 saturated carbocycles. The van der Waals surface area contributed by atoms with Gasteiger partial charge in [0.25, 0.3) is 0 Å². The van der Waals surface area contributed by atoms with E-state index in [0.717, 1.165) is 0 Å². The van der Waals surface area contributed by atoms with Crippen LogP contribution in [-0.4, -0.2) is 37.3 Å². The van der Waals surface area contributed by atoms with Gasteiger partial charge in [0.15, 0.2) is 0 Å². The van der Waals surface area contributed by atoms with Crippen molar-refractivity contribution in [2.24, 2.45) is 0 Å². The molecule has 0 aliphatic rings. The van der Waals surface area contributed by atoms with E-state index in [4.69, 9.17) is 17.5 Å². The van der Waals surface area contributed by atoms with E-state index in [-0.39, 0.29) is 0 Å². The molecule has 12 heavy (non-hydrogen) atoms. The van der Waals surface area contributed by atoms with Gasteiger partial charge in [0, 0.05) is 0 Å². The molecule has 0 aliphatic carbocycles. The Kier molecular flexibility index (Phi) is 10.5. The fraction of sp³-hybridized carbons (Fsp3) is 1.00. The molecule has 0 unspecified atom stereocenters. The van der Waals surface area contributed by atoms with Crippen molar-refractivity contribution < 1.29 is 17.5 Å². The van der Waals surface area contributed by atoms with Gasteiger partial charge >= 0.3 is 64.2 Å². The van der Waals surface area contributed by atoms with Crippen molar-refractivity contribution in [2.75, 3.05) is 0 Å². The number of rotatable bonds is 3. The van der Waals surface area contributed by atoms with Crippen LogP contribution < -0.4 is 0 Å². The molecule has 75 valence electrons. The molecule has 4 nitrogen and oxygen atoms in total. The number of hydrogen-bond acceptors (Lipinski definition) is 2. The van der Waals surface area contributed by atoms with Crippen molar-refractivity contribution >= 4 is 30.2 Å². The third-order valence-corrected chi connectivity index (χ3v) is 10.1. The van der Waals surface area contributed by atoms with E-state index in [1.54, 1.807) is 13.3 Å². The van der Waals surface area contributed by atoms with E-state index in [1.165, 1.54) is 0 Å². The maximum Gasteiger partial charge on any atom is 0.394 e. The molecular weight excluding hydrogens is 287 g/mol. The Balaban J connectivity index is 0. The third-order valence-electron chi connectivity index (χ3n) is 1.50. The third kappa shape index (κ3) is 22.4. The van der Waals surface area contributed by atoms with Crippen LogP contribution in [0.2, 0.25) is 13.3 Å². The van der Waals surface area contributed by atoms with Crippen molar-refractivity contribution in [3.63, 3.8) is 0 Å². The molecule has 0 saturated heterocycles. The smallest absolute Gasteiger partial charge is 0.264 e. The van der Waals surface area contributed by atoms with Crippen molar-refractivity contribution in [3.8, 4) is 0 Å². The first kappa shape index (κ1) is 15.2. The quantitative estimate of drug-likeness (QED) is 0.617. The molecule has 0 heterocycles. The molecular formula is C6H17O4SSn. The zero-order chi connectivity index (χ0) is 10.2. The van der Waals surface area contributed by atoms with E-state index in [2.05, 4.69) is 20.8 Å². The van der Waals surface area contributed by atoms with E-state index >= 15 is 0 Å². The molecule has 0 bridgehead atoms. The summed E-state index contributed by atoms with van der Waals surface area (Å²) in [4.78, 5) is 0. The van der Waals surface area contributed by atoms with Crippen LogP contribution in [0, 0.1) is 0 Å². The van der Waals surface area contributed by atoms with Crippen LogP contribution in [0.25, 0.3) is 0 Å².